The fraction of sp³-hybridized carbons (Fsp3) is 0.650. The van der Waals surface area contributed by atoms with E-state index in [-0.39, 0.29) is 29.2 Å². The van der Waals surface area contributed by atoms with Gasteiger partial charge >= 0.3 is 5.69 Å². The van der Waals surface area contributed by atoms with Crippen LogP contribution in [0, 0.1) is 0 Å². The second-order valence-electron chi connectivity index (χ2n) is 7.79. The standard InChI is InChI=1S/C20H31N7O3S2/c1-3-5-11-26-16(21)15(17(29)23-19(26)30)27(13-8-6-7-9-13)14(28)12-31-20-25-24-18(32-20)22-10-4-2/h13H,3-12,21H2,1-2H3,(H,22,24)(H,23,29,30). The molecule has 1 aliphatic rings. The highest BCUT2D eigenvalue weighted by atomic mass is 32.2. The van der Waals surface area contributed by atoms with Crippen molar-refractivity contribution in [2.24, 2.45) is 0 Å². The minimum atomic E-state index is -0.618. The molecule has 10 nitrogen and oxygen atoms in total. The molecule has 2 heterocycles. The van der Waals surface area contributed by atoms with E-state index < -0.39 is 11.2 Å². The number of nitrogen functional groups attached to an aromatic ring is 1. The zero-order valence-corrected chi connectivity index (χ0v) is 20.2. The predicted octanol–water partition coefficient (Wildman–Crippen LogP) is 2.66. The molecule has 0 aliphatic heterocycles. The Bertz CT molecular complexity index is 1030. The summed E-state index contributed by atoms with van der Waals surface area (Å²) >= 11 is 2.68. The van der Waals surface area contributed by atoms with E-state index in [0.717, 1.165) is 56.6 Å². The molecule has 0 radical (unpaired) electrons. The molecule has 0 unspecified atom stereocenters. The van der Waals surface area contributed by atoms with Crippen molar-refractivity contribution in [2.45, 2.75) is 75.7 Å². The topological polar surface area (TPSA) is 139 Å². The molecule has 1 aliphatic carbocycles. The summed E-state index contributed by atoms with van der Waals surface area (Å²) in [5.41, 5.74) is 5.23. The lowest BCUT2D eigenvalue weighted by molar-refractivity contribution is -0.116. The van der Waals surface area contributed by atoms with Crippen LogP contribution >= 0.6 is 23.1 Å². The van der Waals surface area contributed by atoms with Crippen LogP contribution in [0.5, 0.6) is 0 Å². The highest BCUT2D eigenvalue weighted by molar-refractivity contribution is 8.01. The summed E-state index contributed by atoms with van der Waals surface area (Å²) in [7, 11) is 0. The van der Waals surface area contributed by atoms with Gasteiger partial charge in [-0.2, -0.15) is 0 Å². The number of hydrogen-bond donors (Lipinski definition) is 3. The number of aromatic amines is 1. The van der Waals surface area contributed by atoms with Gasteiger partial charge in [-0.25, -0.2) is 4.79 Å². The third kappa shape index (κ3) is 5.71. The molecule has 1 fully saturated rings. The zero-order chi connectivity index (χ0) is 23.1. The molecule has 0 aromatic carbocycles. The van der Waals surface area contributed by atoms with Crippen molar-refractivity contribution in [1.29, 1.82) is 0 Å². The molecule has 12 heteroatoms. The van der Waals surface area contributed by atoms with Crippen molar-refractivity contribution in [3.05, 3.63) is 20.8 Å². The summed E-state index contributed by atoms with van der Waals surface area (Å²) in [4.78, 5) is 42.3. The van der Waals surface area contributed by atoms with Gasteiger partial charge in [0.15, 0.2) is 10.0 Å². The summed E-state index contributed by atoms with van der Waals surface area (Å²) in [6.07, 6.45) is 6.16. The van der Waals surface area contributed by atoms with Gasteiger partial charge in [-0.15, -0.1) is 10.2 Å². The van der Waals surface area contributed by atoms with Crippen LogP contribution in [0.1, 0.15) is 58.8 Å². The highest BCUT2D eigenvalue weighted by Crippen LogP contribution is 2.31. The lowest BCUT2D eigenvalue weighted by atomic mass is 10.2. The van der Waals surface area contributed by atoms with Crippen LogP contribution in [0.15, 0.2) is 13.9 Å². The number of hydrogen-bond acceptors (Lipinski definition) is 9. The maximum Gasteiger partial charge on any atom is 0.330 e. The third-order valence-corrected chi connectivity index (χ3v) is 7.40. The number of amides is 1. The number of anilines is 3. The van der Waals surface area contributed by atoms with E-state index in [4.69, 9.17) is 5.73 Å². The molecule has 1 saturated carbocycles. The van der Waals surface area contributed by atoms with E-state index in [2.05, 4.69) is 27.4 Å². The summed E-state index contributed by atoms with van der Waals surface area (Å²) in [6.45, 7) is 5.28. The molecule has 0 bridgehead atoms. The van der Waals surface area contributed by atoms with E-state index in [1.54, 1.807) is 0 Å². The largest absolute Gasteiger partial charge is 0.383 e. The van der Waals surface area contributed by atoms with E-state index in [1.165, 1.54) is 32.6 Å². The normalized spacial score (nSPS) is 14.1. The lowest BCUT2D eigenvalue weighted by Gasteiger charge is -2.29. The fourth-order valence-corrected chi connectivity index (χ4v) is 5.42. The van der Waals surface area contributed by atoms with Crippen molar-refractivity contribution in [3.63, 3.8) is 0 Å². The first-order valence-corrected chi connectivity index (χ1v) is 12.9. The van der Waals surface area contributed by atoms with Crippen molar-refractivity contribution in [1.82, 2.24) is 19.7 Å². The van der Waals surface area contributed by atoms with E-state index >= 15 is 0 Å². The minimum absolute atomic E-state index is 0.0550. The van der Waals surface area contributed by atoms with Crippen LogP contribution < -0.4 is 27.2 Å². The summed E-state index contributed by atoms with van der Waals surface area (Å²) in [6, 6.07) is -0.111. The van der Waals surface area contributed by atoms with Gasteiger partial charge in [0, 0.05) is 19.1 Å². The first kappa shape index (κ1) is 24.3. The molecule has 1 amide bonds. The van der Waals surface area contributed by atoms with Gasteiger partial charge in [-0.05, 0) is 25.7 Å². The number of nitrogens with one attached hydrogen (secondary N) is 2. The molecule has 0 atom stereocenters. The van der Waals surface area contributed by atoms with Crippen molar-refractivity contribution < 1.29 is 4.79 Å². The lowest BCUT2D eigenvalue weighted by Crippen LogP contribution is -2.46. The Kier molecular flexibility index (Phi) is 8.74. The number of carbonyl (C=O) groups is 1. The number of aromatic nitrogens is 4. The summed E-state index contributed by atoms with van der Waals surface area (Å²) in [5, 5.41) is 12.1. The predicted molar refractivity (Wildman–Crippen MR) is 130 cm³/mol. The number of carbonyl (C=O) groups excluding carboxylic acids is 1. The number of nitrogens with two attached hydrogens (primary N) is 1. The number of thioether (sulfide) groups is 1. The first-order chi connectivity index (χ1) is 15.5. The zero-order valence-electron chi connectivity index (χ0n) is 18.6. The molecule has 2 aromatic rings. The molecule has 3 rings (SSSR count). The van der Waals surface area contributed by atoms with Crippen molar-refractivity contribution in [3.8, 4) is 0 Å². The second-order valence-corrected chi connectivity index (χ2v) is 9.99. The molecule has 2 aromatic heterocycles. The molecule has 32 heavy (non-hydrogen) atoms. The van der Waals surface area contributed by atoms with Gasteiger partial charge < -0.3 is 16.0 Å². The van der Waals surface area contributed by atoms with Crippen LogP contribution in [0.4, 0.5) is 16.6 Å². The van der Waals surface area contributed by atoms with Crippen LogP contribution in [0.3, 0.4) is 0 Å². The van der Waals surface area contributed by atoms with Crippen LogP contribution in [-0.4, -0.2) is 44.0 Å². The first-order valence-electron chi connectivity index (χ1n) is 11.1. The maximum atomic E-state index is 13.3. The van der Waals surface area contributed by atoms with Crippen LogP contribution in [0.25, 0.3) is 0 Å². The third-order valence-electron chi connectivity index (χ3n) is 5.40. The Morgan fingerprint density at radius 2 is 2.03 bits per heavy atom. The van der Waals surface area contributed by atoms with Crippen LogP contribution in [-0.2, 0) is 11.3 Å². The summed E-state index contributed by atoms with van der Waals surface area (Å²) < 4.78 is 2.04. The van der Waals surface area contributed by atoms with Crippen LogP contribution in [0.2, 0.25) is 0 Å². The minimum Gasteiger partial charge on any atom is -0.383 e. The van der Waals surface area contributed by atoms with E-state index in [9.17, 15) is 14.4 Å². The van der Waals surface area contributed by atoms with Crippen molar-refractivity contribution in [2.75, 3.05) is 28.2 Å². The quantitative estimate of drug-likeness (QED) is 0.416. The average Bonchev–Trinajstić information content (AvgIpc) is 3.45. The Labute approximate surface area is 195 Å². The fourth-order valence-electron chi connectivity index (χ4n) is 3.79. The van der Waals surface area contributed by atoms with Gasteiger partial charge in [0.2, 0.25) is 11.0 Å². The molecule has 0 spiro atoms. The SMILES string of the molecule is CCCCn1c(N)c(N(C(=O)CSc2nnc(NCCC)s2)C2CCCC2)c(=O)[nH]c1=O. The number of unbranched alkanes of at least 4 members (excludes halogenated alkanes) is 1. The Balaban J connectivity index is 1.85. The van der Waals surface area contributed by atoms with E-state index in [1.807, 2.05) is 6.92 Å². The van der Waals surface area contributed by atoms with Gasteiger partial charge in [0.1, 0.15) is 5.82 Å². The molecule has 176 valence electrons. The Hall–Kier alpha value is -2.34. The smallest absolute Gasteiger partial charge is 0.330 e. The Morgan fingerprint density at radius 3 is 2.72 bits per heavy atom. The van der Waals surface area contributed by atoms with Gasteiger partial charge in [-0.3, -0.25) is 19.1 Å². The average molecular weight is 482 g/mol. The molecular formula is C20H31N7O3S2. The highest BCUT2D eigenvalue weighted by Gasteiger charge is 2.32. The number of nitrogens with zero attached hydrogens (tertiary/aromatic N) is 4. The summed E-state index contributed by atoms with van der Waals surface area (Å²) in [5.74, 6) is -0.0660. The molecule has 0 saturated heterocycles. The van der Waals surface area contributed by atoms with Gasteiger partial charge in [-0.1, -0.05) is 56.2 Å². The monoisotopic (exact) mass is 481 g/mol. The number of rotatable bonds is 11. The second kappa shape index (κ2) is 11.5. The maximum absolute atomic E-state index is 13.3. The Morgan fingerprint density at radius 1 is 1.28 bits per heavy atom. The molecular weight excluding hydrogens is 450 g/mol. The van der Waals surface area contributed by atoms with Gasteiger partial charge in [0.05, 0.1) is 5.75 Å². The number of H-pyrrole nitrogens is 1. The molecule has 4 N–H and O–H groups in total. The van der Waals surface area contributed by atoms with Gasteiger partial charge in [0.25, 0.3) is 5.56 Å². The van der Waals surface area contributed by atoms with Crippen molar-refractivity contribution >= 4 is 45.6 Å². The van der Waals surface area contributed by atoms with E-state index in [0.29, 0.717) is 10.9 Å².